The van der Waals surface area contributed by atoms with E-state index in [0.29, 0.717) is 11.8 Å². The highest BCUT2D eigenvalue weighted by atomic mass is 16.2. The lowest BCUT2D eigenvalue weighted by Crippen LogP contribution is -2.40. The number of benzene rings is 2. The predicted octanol–water partition coefficient (Wildman–Crippen LogP) is 4.66. The van der Waals surface area contributed by atoms with E-state index in [0.717, 1.165) is 28.6 Å². The molecule has 2 heterocycles. The van der Waals surface area contributed by atoms with Crippen LogP contribution in [0.15, 0.2) is 42.5 Å². The Morgan fingerprint density at radius 1 is 1.00 bits per heavy atom. The summed E-state index contributed by atoms with van der Waals surface area (Å²) in [5.41, 5.74) is 5.64. The quantitative estimate of drug-likeness (QED) is 0.658. The number of aromatic nitrogens is 3. The van der Waals surface area contributed by atoms with E-state index in [1.54, 1.807) is 0 Å². The van der Waals surface area contributed by atoms with Gasteiger partial charge < -0.3 is 4.90 Å². The second kappa shape index (κ2) is 6.55. The maximum absolute atomic E-state index is 12.8. The summed E-state index contributed by atoms with van der Waals surface area (Å²) in [5.74, 6) is 2.86. The van der Waals surface area contributed by atoms with Crippen molar-refractivity contribution in [3.63, 3.8) is 0 Å². The molecule has 1 saturated carbocycles. The highest BCUT2D eigenvalue weighted by molar-refractivity contribution is 5.98. The minimum atomic E-state index is 0.0203. The fourth-order valence-corrected chi connectivity index (χ4v) is 4.78. The molecule has 2 atom stereocenters. The van der Waals surface area contributed by atoms with Crippen LogP contribution in [0.3, 0.4) is 0 Å². The van der Waals surface area contributed by atoms with Gasteiger partial charge in [0.25, 0.3) is 0 Å². The van der Waals surface area contributed by atoms with E-state index < -0.39 is 0 Å². The van der Waals surface area contributed by atoms with Gasteiger partial charge in [-0.3, -0.25) is 9.36 Å². The number of carbonyl (C=O) groups is 1. The second-order valence-electron chi connectivity index (χ2n) is 8.56. The molecule has 3 aromatic rings. The molecule has 5 heteroatoms. The molecule has 1 aliphatic carbocycles. The smallest absolute Gasteiger partial charge is 0.230 e. The molecule has 5 rings (SSSR count). The number of nitrogens with zero attached hydrogens (tertiary/aromatic N) is 4. The molecule has 1 aliphatic heterocycles. The summed E-state index contributed by atoms with van der Waals surface area (Å²) in [6.07, 6.45) is 2.43. The Morgan fingerprint density at radius 3 is 2.41 bits per heavy atom. The van der Waals surface area contributed by atoms with Crippen molar-refractivity contribution in [3.8, 4) is 17.1 Å². The Morgan fingerprint density at radius 2 is 1.72 bits per heavy atom. The van der Waals surface area contributed by atoms with Crippen molar-refractivity contribution in [2.75, 3.05) is 11.9 Å². The van der Waals surface area contributed by atoms with Gasteiger partial charge in [-0.1, -0.05) is 24.6 Å². The van der Waals surface area contributed by atoms with Gasteiger partial charge in [-0.2, -0.15) is 0 Å². The molecule has 2 aromatic carbocycles. The third-order valence-electron chi connectivity index (χ3n) is 6.51. The number of rotatable bonds is 3. The summed E-state index contributed by atoms with van der Waals surface area (Å²) in [7, 11) is 1.89. The van der Waals surface area contributed by atoms with Gasteiger partial charge in [-0.15, -0.1) is 10.2 Å². The zero-order chi connectivity index (χ0) is 20.3. The van der Waals surface area contributed by atoms with Crippen LogP contribution in [0.2, 0.25) is 0 Å². The third kappa shape index (κ3) is 2.87. The van der Waals surface area contributed by atoms with Gasteiger partial charge in [0.05, 0.1) is 0 Å². The number of fused-ring (bicyclic) bond motifs is 1. The third-order valence-corrected chi connectivity index (χ3v) is 6.51. The molecule has 0 N–H and O–H groups in total. The van der Waals surface area contributed by atoms with Crippen LogP contribution >= 0.6 is 0 Å². The summed E-state index contributed by atoms with van der Waals surface area (Å²) in [6, 6.07) is 14.8. The summed E-state index contributed by atoms with van der Waals surface area (Å²) in [4.78, 5) is 14.6. The largest absolute Gasteiger partial charge is 0.315 e. The molecule has 2 aliphatic rings. The molecule has 0 spiro atoms. The first-order chi connectivity index (χ1) is 14.0. The number of carbonyl (C=O) groups excluding carboxylic acids is 1. The Hall–Kier alpha value is -2.95. The summed E-state index contributed by atoms with van der Waals surface area (Å²) in [5, 5.41) is 8.87. The fourth-order valence-electron chi connectivity index (χ4n) is 4.78. The zero-order valence-corrected chi connectivity index (χ0v) is 17.4. The molecular weight excluding hydrogens is 360 g/mol. The van der Waals surface area contributed by atoms with Crippen LogP contribution in [0, 0.1) is 25.7 Å². The molecule has 1 fully saturated rings. The first-order valence-electron chi connectivity index (χ1n) is 10.4. The minimum absolute atomic E-state index is 0.0203. The normalized spacial score (nSPS) is 21.4. The van der Waals surface area contributed by atoms with Gasteiger partial charge in [0, 0.05) is 35.8 Å². The van der Waals surface area contributed by atoms with E-state index in [-0.39, 0.29) is 11.8 Å². The van der Waals surface area contributed by atoms with Crippen molar-refractivity contribution in [1.82, 2.24) is 14.8 Å². The average molecular weight is 386 g/mol. The average Bonchev–Trinajstić information content (AvgIpc) is 3.48. The van der Waals surface area contributed by atoms with Crippen LogP contribution in [0.1, 0.15) is 42.6 Å². The van der Waals surface area contributed by atoms with Gasteiger partial charge in [-0.05, 0) is 68.5 Å². The summed E-state index contributed by atoms with van der Waals surface area (Å²) in [6.45, 7) is 6.15. The molecule has 2 unspecified atom stereocenters. The Balaban J connectivity index is 1.65. The van der Waals surface area contributed by atoms with E-state index in [1.807, 2.05) is 18.9 Å². The lowest BCUT2D eigenvalue weighted by molar-refractivity contribution is -0.122. The van der Waals surface area contributed by atoms with Crippen molar-refractivity contribution < 1.29 is 4.79 Å². The SMILES string of the molecule is Cc1ccc(-n2c(C)nnc2-c2ccc3c(c2)C(C2CC2)C(C)C(=O)N3C)cc1. The molecule has 1 amide bonds. The Bertz CT molecular complexity index is 1090. The number of hydrogen-bond donors (Lipinski definition) is 0. The van der Waals surface area contributed by atoms with Crippen LogP contribution in [-0.2, 0) is 4.79 Å². The van der Waals surface area contributed by atoms with Crippen LogP contribution in [0.4, 0.5) is 5.69 Å². The van der Waals surface area contributed by atoms with Gasteiger partial charge >= 0.3 is 0 Å². The maximum atomic E-state index is 12.8. The number of amides is 1. The monoisotopic (exact) mass is 386 g/mol. The summed E-state index contributed by atoms with van der Waals surface area (Å²) < 4.78 is 2.11. The van der Waals surface area contributed by atoms with Crippen molar-refractivity contribution in [3.05, 3.63) is 59.4 Å². The van der Waals surface area contributed by atoms with E-state index in [2.05, 4.69) is 71.1 Å². The van der Waals surface area contributed by atoms with Crippen molar-refractivity contribution in [2.24, 2.45) is 11.8 Å². The summed E-state index contributed by atoms with van der Waals surface area (Å²) >= 11 is 0. The molecule has 148 valence electrons. The van der Waals surface area contributed by atoms with Gasteiger partial charge in [0.2, 0.25) is 5.91 Å². The fraction of sp³-hybridized carbons (Fsp3) is 0.375. The van der Waals surface area contributed by atoms with Crippen molar-refractivity contribution >= 4 is 11.6 Å². The van der Waals surface area contributed by atoms with Gasteiger partial charge in [0.1, 0.15) is 5.82 Å². The van der Waals surface area contributed by atoms with Crippen LogP contribution in [0.25, 0.3) is 17.1 Å². The maximum Gasteiger partial charge on any atom is 0.230 e. The highest BCUT2D eigenvalue weighted by Gasteiger charge is 2.44. The molecule has 5 nitrogen and oxygen atoms in total. The zero-order valence-electron chi connectivity index (χ0n) is 17.4. The number of aryl methyl sites for hydroxylation is 2. The molecule has 1 aromatic heterocycles. The topological polar surface area (TPSA) is 51.0 Å². The Labute approximate surface area is 171 Å². The van der Waals surface area contributed by atoms with Crippen LogP contribution in [0.5, 0.6) is 0 Å². The van der Waals surface area contributed by atoms with E-state index in [9.17, 15) is 4.79 Å². The van der Waals surface area contributed by atoms with Gasteiger partial charge in [-0.25, -0.2) is 0 Å². The van der Waals surface area contributed by atoms with E-state index in [4.69, 9.17) is 0 Å². The van der Waals surface area contributed by atoms with Crippen molar-refractivity contribution in [2.45, 2.75) is 39.5 Å². The molecule has 29 heavy (non-hydrogen) atoms. The lowest BCUT2D eigenvalue weighted by Gasteiger charge is -2.36. The standard InChI is InChI=1S/C24H26N4O/c1-14-5-10-19(11-6-14)28-16(3)25-26-23(28)18-9-12-21-20(13-18)22(17-7-8-17)15(2)24(29)27(21)4/h5-6,9-13,15,17,22H,7-8H2,1-4H3. The van der Waals surface area contributed by atoms with Crippen LogP contribution in [-0.4, -0.2) is 27.7 Å². The lowest BCUT2D eigenvalue weighted by atomic mass is 9.78. The molecular formula is C24H26N4O. The molecule has 0 saturated heterocycles. The van der Waals surface area contributed by atoms with Crippen molar-refractivity contribution in [1.29, 1.82) is 0 Å². The van der Waals surface area contributed by atoms with E-state index in [1.165, 1.54) is 24.0 Å². The predicted molar refractivity (Wildman–Crippen MR) is 114 cm³/mol. The van der Waals surface area contributed by atoms with E-state index >= 15 is 0 Å². The molecule has 0 bridgehead atoms. The van der Waals surface area contributed by atoms with Gasteiger partial charge in [0.15, 0.2) is 5.82 Å². The Kier molecular flexibility index (Phi) is 4.09. The number of anilines is 1. The molecule has 0 radical (unpaired) electrons. The first kappa shape index (κ1) is 18.1. The second-order valence-corrected chi connectivity index (χ2v) is 8.56. The van der Waals surface area contributed by atoms with Crippen LogP contribution < -0.4 is 4.90 Å². The highest BCUT2D eigenvalue weighted by Crippen LogP contribution is 2.52. The first-order valence-corrected chi connectivity index (χ1v) is 10.4. The minimum Gasteiger partial charge on any atom is -0.315 e. The number of hydrogen-bond acceptors (Lipinski definition) is 3.